The molecule has 0 aliphatic carbocycles. The van der Waals surface area contributed by atoms with Gasteiger partial charge in [0.05, 0.1) is 6.67 Å². The van der Waals surface area contributed by atoms with Crippen LogP contribution in [0.4, 0.5) is 4.39 Å². The fourth-order valence-corrected chi connectivity index (χ4v) is 1.85. The summed E-state index contributed by atoms with van der Waals surface area (Å²) in [5.41, 5.74) is 0.722. The molecule has 0 N–H and O–H groups in total. The zero-order valence-corrected chi connectivity index (χ0v) is 8.94. The van der Waals surface area contributed by atoms with Crippen LogP contribution in [0.15, 0.2) is 29.2 Å². The summed E-state index contributed by atoms with van der Waals surface area (Å²) in [5.74, 6) is 0.862. The fraction of sp³-hybridized carbons (Fsp3) is 0.364. The third-order valence-corrected chi connectivity index (χ3v) is 2.91. The zero-order chi connectivity index (χ0) is 10.4. The topological polar surface area (TPSA) is 17.1 Å². The zero-order valence-electron chi connectivity index (χ0n) is 8.13. The molecule has 0 spiro atoms. The molecule has 1 aromatic carbocycles. The van der Waals surface area contributed by atoms with E-state index in [4.69, 9.17) is 0 Å². The van der Waals surface area contributed by atoms with Gasteiger partial charge in [0.15, 0.2) is 5.78 Å². The van der Waals surface area contributed by atoms with E-state index in [9.17, 15) is 9.18 Å². The van der Waals surface area contributed by atoms with Gasteiger partial charge in [-0.15, -0.1) is 11.8 Å². The van der Waals surface area contributed by atoms with Gasteiger partial charge in [0, 0.05) is 16.2 Å². The Morgan fingerprint density at radius 1 is 1.36 bits per heavy atom. The minimum atomic E-state index is -0.265. The first-order valence-corrected chi connectivity index (χ1v) is 5.52. The quantitative estimate of drug-likeness (QED) is 0.423. The third kappa shape index (κ3) is 3.50. The number of carbonyl (C=O) groups excluding carboxylic acids is 1. The standard InChI is InChI=1S/C11H13FOS/c1-9(13)10-3-5-11(6-4-10)14-8-2-7-12/h3-6H,2,7-8H2,1H3. The number of rotatable bonds is 5. The highest BCUT2D eigenvalue weighted by Crippen LogP contribution is 2.19. The molecule has 0 aliphatic rings. The SMILES string of the molecule is CC(=O)c1ccc(SCCCF)cc1. The van der Waals surface area contributed by atoms with Gasteiger partial charge in [-0.05, 0) is 25.5 Å². The van der Waals surface area contributed by atoms with Crippen LogP contribution in [0.1, 0.15) is 23.7 Å². The van der Waals surface area contributed by atoms with Gasteiger partial charge in [-0.25, -0.2) is 0 Å². The number of ketones is 1. The van der Waals surface area contributed by atoms with Gasteiger partial charge >= 0.3 is 0 Å². The minimum Gasteiger partial charge on any atom is -0.295 e. The van der Waals surface area contributed by atoms with Crippen molar-refractivity contribution in [2.75, 3.05) is 12.4 Å². The van der Waals surface area contributed by atoms with Gasteiger partial charge in [0.1, 0.15) is 0 Å². The van der Waals surface area contributed by atoms with Crippen LogP contribution < -0.4 is 0 Å². The van der Waals surface area contributed by atoms with Crippen molar-refractivity contribution in [3.8, 4) is 0 Å². The van der Waals surface area contributed by atoms with Crippen LogP contribution in [0, 0.1) is 0 Å². The van der Waals surface area contributed by atoms with Crippen molar-refractivity contribution in [1.29, 1.82) is 0 Å². The second-order valence-electron chi connectivity index (χ2n) is 2.97. The maximum atomic E-state index is 11.8. The Hall–Kier alpha value is -0.830. The first-order chi connectivity index (χ1) is 6.74. The van der Waals surface area contributed by atoms with E-state index in [1.165, 1.54) is 0 Å². The van der Waals surface area contributed by atoms with Crippen molar-refractivity contribution < 1.29 is 9.18 Å². The molecule has 0 aromatic heterocycles. The summed E-state index contributed by atoms with van der Waals surface area (Å²) in [5, 5.41) is 0. The van der Waals surface area contributed by atoms with Crippen molar-refractivity contribution in [3.63, 3.8) is 0 Å². The highest BCUT2D eigenvalue weighted by molar-refractivity contribution is 7.99. The number of alkyl halides is 1. The Morgan fingerprint density at radius 2 is 2.00 bits per heavy atom. The summed E-state index contributed by atoms with van der Waals surface area (Å²) in [6.45, 7) is 1.28. The maximum Gasteiger partial charge on any atom is 0.159 e. The molecule has 0 atom stereocenters. The smallest absolute Gasteiger partial charge is 0.159 e. The van der Waals surface area contributed by atoms with E-state index in [0.29, 0.717) is 6.42 Å². The van der Waals surface area contributed by atoms with Crippen molar-refractivity contribution in [2.45, 2.75) is 18.2 Å². The largest absolute Gasteiger partial charge is 0.295 e. The molecule has 1 nitrogen and oxygen atoms in total. The highest BCUT2D eigenvalue weighted by atomic mass is 32.2. The van der Waals surface area contributed by atoms with Gasteiger partial charge in [-0.1, -0.05) is 12.1 Å². The molecule has 0 bridgehead atoms. The van der Waals surface area contributed by atoms with Gasteiger partial charge in [-0.3, -0.25) is 9.18 Å². The Balaban J connectivity index is 2.51. The normalized spacial score (nSPS) is 10.1. The molecule has 0 saturated carbocycles. The van der Waals surface area contributed by atoms with E-state index in [1.807, 2.05) is 12.1 Å². The molecule has 0 amide bonds. The molecule has 0 radical (unpaired) electrons. The molecule has 0 aliphatic heterocycles. The molecule has 0 saturated heterocycles. The van der Waals surface area contributed by atoms with E-state index in [-0.39, 0.29) is 12.5 Å². The number of benzene rings is 1. The number of hydrogen-bond acceptors (Lipinski definition) is 2. The highest BCUT2D eigenvalue weighted by Gasteiger charge is 1.98. The van der Waals surface area contributed by atoms with Gasteiger partial charge in [0.2, 0.25) is 0 Å². The Kier molecular flexibility index (Phi) is 4.66. The minimum absolute atomic E-state index is 0.0744. The van der Waals surface area contributed by atoms with Crippen LogP contribution in [-0.4, -0.2) is 18.2 Å². The van der Waals surface area contributed by atoms with Crippen LogP contribution in [-0.2, 0) is 0 Å². The molecule has 1 rings (SSSR count). The molecule has 0 fully saturated rings. The monoisotopic (exact) mass is 212 g/mol. The lowest BCUT2D eigenvalue weighted by atomic mass is 10.2. The van der Waals surface area contributed by atoms with Gasteiger partial charge in [-0.2, -0.15) is 0 Å². The molecule has 0 heterocycles. The summed E-state index contributed by atoms with van der Waals surface area (Å²) in [7, 11) is 0. The second-order valence-corrected chi connectivity index (χ2v) is 4.14. The molecular formula is C11H13FOS. The lowest BCUT2D eigenvalue weighted by Crippen LogP contribution is -1.90. The predicted molar refractivity (Wildman–Crippen MR) is 57.8 cm³/mol. The molecule has 1 aromatic rings. The number of Topliss-reactive ketones (excluding diaryl/α,β-unsaturated/α-hetero) is 1. The first kappa shape index (κ1) is 11.2. The van der Waals surface area contributed by atoms with E-state index in [1.54, 1.807) is 30.8 Å². The van der Waals surface area contributed by atoms with Crippen LogP contribution in [0.5, 0.6) is 0 Å². The van der Waals surface area contributed by atoms with E-state index >= 15 is 0 Å². The average molecular weight is 212 g/mol. The summed E-state index contributed by atoms with van der Waals surface area (Å²) < 4.78 is 11.8. The number of halogens is 1. The van der Waals surface area contributed by atoms with Gasteiger partial charge < -0.3 is 0 Å². The average Bonchev–Trinajstić information content (AvgIpc) is 2.19. The third-order valence-electron chi connectivity index (χ3n) is 1.81. The Bertz CT molecular complexity index is 295. The first-order valence-electron chi connectivity index (χ1n) is 4.54. The van der Waals surface area contributed by atoms with Crippen molar-refractivity contribution in [3.05, 3.63) is 29.8 Å². The van der Waals surface area contributed by atoms with Gasteiger partial charge in [0.25, 0.3) is 0 Å². The van der Waals surface area contributed by atoms with Crippen molar-refractivity contribution in [1.82, 2.24) is 0 Å². The Morgan fingerprint density at radius 3 is 2.50 bits per heavy atom. The van der Waals surface area contributed by atoms with E-state index < -0.39 is 0 Å². The summed E-state index contributed by atoms with van der Waals surface area (Å²) in [4.78, 5) is 12.0. The van der Waals surface area contributed by atoms with E-state index in [2.05, 4.69) is 0 Å². The lowest BCUT2D eigenvalue weighted by molar-refractivity contribution is 0.101. The summed E-state index contributed by atoms with van der Waals surface area (Å²) >= 11 is 1.61. The predicted octanol–water partition coefficient (Wildman–Crippen LogP) is 3.34. The number of thioether (sulfide) groups is 1. The number of hydrogen-bond donors (Lipinski definition) is 0. The maximum absolute atomic E-state index is 11.8. The van der Waals surface area contributed by atoms with Crippen LogP contribution >= 0.6 is 11.8 Å². The van der Waals surface area contributed by atoms with Crippen LogP contribution in [0.3, 0.4) is 0 Å². The van der Waals surface area contributed by atoms with Crippen molar-refractivity contribution in [2.24, 2.45) is 0 Å². The van der Waals surface area contributed by atoms with Crippen molar-refractivity contribution >= 4 is 17.5 Å². The van der Waals surface area contributed by atoms with Crippen LogP contribution in [0.25, 0.3) is 0 Å². The molecule has 3 heteroatoms. The van der Waals surface area contributed by atoms with E-state index in [0.717, 1.165) is 16.2 Å². The number of carbonyl (C=O) groups is 1. The Labute approximate surface area is 87.7 Å². The molecule has 76 valence electrons. The summed E-state index contributed by atoms with van der Waals surface area (Å²) in [6.07, 6.45) is 0.582. The molecule has 14 heavy (non-hydrogen) atoms. The van der Waals surface area contributed by atoms with Crippen LogP contribution in [0.2, 0.25) is 0 Å². The summed E-state index contributed by atoms with van der Waals surface area (Å²) in [6, 6.07) is 7.42. The molecular weight excluding hydrogens is 199 g/mol. The fourth-order valence-electron chi connectivity index (χ4n) is 1.03. The second kappa shape index (κ2) is 5.81. The molecule has 0 unspecified atom stereocenters. The lowest BCUT2D eigenvalue weighted by Gasteiger charge is -2.00.